The first-order valence-corrected chi connectivity index (χ1v) is 11.1. The van der Waals surface area contributed by atoms with E-state index in [0.29, 0.717) is 0 Å². The van der Waals surface area contributed by atoms with E-state index in [1.165, 1.54) is 6.92 Å². The summed E-state index contributed by atoms with van der Waals surface area (Å²) in [5, 5.41) is 0. The second-order valence-electron chi connectivity index (χ2n) is 10.8. The van der Waals surface area contributed by atoms with E-state index >= 15 is 0 Å². The molecule has 6 heteroatoms. The maximum absolute atomic E-state index is 12.1. The first-order chi connectivity index (χ1) is 13.5. The summed E-state index contributed by atoms with van der Waals surface area (Å²) in [6.45, 7) is 10.7. The Morgan fingerprint density at radius 3 is 2.52 bits per heavy atom. The van der Waals surface area contributed by atoms with Crippen LogP contribution in [0.25, 0.3) is 0 Å². The van der Waals surface area contributed by atoms with Gasteiger partial charge in [0.1, 0.15) is 11.7 Å². The summed E-state index contributed by atoms with van der Waals surface area (Å²) in [5.41, 5.74) is -1.19. The Morgan fingerprint density at radius 1 is 1.14 bits per heavy atom. The van der Waals surface area contributed by atoms with Crippen LogP contribution in [-0.2, 0) is 28.5 Å². The van der Waals surface area contributed by atoms with Gasteiger partial charge in [-0.3, -0.25) is 9.59 Å². The second kappa shape index (κ2) is 6.68. The highest BCUT2D eigenvalue weighted by molar-refractivity contribution is 5.73. The molecule has 2 heterocycles. The van der Waals surface area contributed by atoms with Crippen molar-refractivity contribution in [2.24, 2.45) is 22.7 Å². The lowest BCUT2D eigenvalue weighted by Crippen LogP contribution is -2.67. The van der Waals surface area contributed by atoms with Crippen LogP contribution < -0.4 is 0 Å². The predicted octanol–water partition coefficient (Wildman–Crippen LogP) is 4.00. The molecule has 2 saturated heterocycles. The second-order valence-corrected chi connectivity index (χ2v) is 10.8. The van der Waals surface area contributed by atoms with Crippen LogP contribution >= 0.6 is 0 Å². The minimum absolute atomic E-state index is 0.0437. The molecule has 0 unspecified atom stereocenters. The molecule has 0 amide bonds. The van der Waals surface area contributed by atoms with E-state index in [1.807, 2.05) is 0 Å². The van der Waals surface area contributed by atoms with Crippen LogP contribution in [0.15, 0.2) is 0 Å². The third-order valence-corrected chi connectivity index (χ3v) is 8.71. The smallest absolute Gasteiger partial charge is 0.311 e. The fourth-order valence-corrected chi connectivity index (χ4v) is 7.80. The number of ether oxygens (including phenoxy) is 4. The van der Waals surface area contributed by atoms with Crippen LogP contribution in [0.5, 0.6) is 0 Å². The monoisotopic (exact) mass is 408 g/mol. The summed E-state index contributed by atoms with van der Waals surface area (Å²) in [6.07, 6.45) is 5.18. The highest BCUT2D eigenvalue weighted by Crippen LogP contribution is 2.69. The van der Waals surface area contributed by atoms with Gasteiger partial charge < -0.3 is 18.9 Å². The molecule has 0 bridgehead atoms. The number of fused-ring (bicyclic) bond motifs is 2. The van der Waals surface area contributed by atoms with Crippen LogP contribution in [0, 0.1) is 22.7 Å². The van der Waals surface area contributed by atoms with Crippen molar-refractivity contribution in [2.45, 2.75) is 103 Å². The Kier molecular flexibility index (Phi) is 4.86. The minimum atomic E-state index is -0.705. The summed E-state index contributed by atoms with van der Waals surface area (Å²) in [5.74, 6) is -0.0478. The van der Waals surface area contributed by atoms with Crippen molar-refractivity contribution in [2.75, 3.05) is 7.11 Å². The van der Waals surface area contributed by atoms with Gasteiger partial charge in [-0.05, 0) is 43.4 Å². The van der Waals surface area contributed by atoms with E-state index in [9.17, 15) is 9.59 Å². The van der Waals surface area contributed by atoms with Gasteiger partial charge >= 0.3 is 11.9 Å². The molecule has 7 atom stereocenters. The zero-order valence-corrected chi connectivity index (χ0v) is 18.7. The first kappa shape index (κ1) is 21.1. The summed E-state index contributed by atoms with van der Waals surface area (Å²) in [6, 6.07) is 0. The number of carbonyl (C=O) groups excluding carboxylic acids is 2. The van der Waals surface area contributed by atoms with Crippen molar-refractivity contribution in [1.82, 2.24) is 0 Å². The molecule has 0 aromatic carbocycles. The van der Waals surface area contributed by atoms with E-state index < -0.39 is 11.9 Å². The number of esters is 2. The van der Waals surface area contributed by atoms with Crippen molar-refractivity contribution < 1.29 is 28.5 Å². The van der Waals surface area contributed by atoms with Crippen molar-refractivity contribution >= 4 is 11.9 Å². The summed E-state index contributed by atoms with van der Waals surface area (Å²) in [4.78, 5) is 24.0. The molecule has 2 aliphatic carbocycles. The maximum atomic E-state index is 12.1. The molecule has 0 N–H and O–H groups in total. The van der Waals surface area contributed by atoms with Crippen LogP contribution in [-0.4, -0.2) is 42.6 Å². The van der Waals surface area contributed by atoms with E-state index in [4.69, 9.17) is 18.9 Å². The maximum Gasteiger partial charge on any atom is 0.311 e. The number of hydrogen-bond donors (Lipinski definition) is 0. The van der Waals surface area contributed by atoms with Crippen LogP contribution in [0.1, 0.15) is 79.6 Å². The lowest BCUT2D eigenvalue weighted by Gasteiger charge is -2.65. The standard InChI is InChI=1S/C23H36O6/c1-14-12-16(27-15(2)24)18-20(3,4)8-7-9-21(18,5)23(14)11-10-22(29-23)13-17(25)28-19(22)26-6/h14,16,18-19H,7-13H2,1-6H3/t14-,16-,18+,19-,21+,22+,23-/m1/s1. The Morgan fingerprint density at radius 2 is 1.86 bits per heavy atom. The predicted molar refractivity (Wildman–Crippen MR) is 106 cm³/mol. The van der Waals surface area contributed by atoms with Gasteiger partial charge in [0.05, 0.1) is 12.0 Å². The van der Waals surface area contributed by atoms with Crippen molar-refractivity contribution in [3.05, 3.63) is 0 Å². The average molecular weight is 409 g/mol. The Hall–Kier alpha value is -1.14. The molecule has 0 aromatic rings. The van der Waals surface area contributed by atoms with Gasteiger partial charge in [-0.2, -0.15) is 0 Å². The average Bonchev–Trinajstić information content (AvgIpc) is 3.13. The molecule has 6 nitrogen and oxygen atoms in total. The lowest BCUT2D eigenvalue weighted by molar-refractivity contribution is -0.293. The van der Waals surface area contributed by atoms with Crippen LogP contribution in [0.3, 0.4) is 0 Å². The third kappa shape index (κ3) is 2.88. The highest BCUT2D eigenvalue weighted by Gasteiger charge is 2.72. The number of carbonyl (C=O) groups is 2. The Balaban J connectivity index is 1.76. The van der Waals surface area contributed by atoms with Gasteiger partial charge in [-0.1, -0.05) is 34.1 Å². The molecule has 0 aromatic heterocycles. The molecule has 4 rings (SSSR count). The first-order valence-electron chi connectivity index (χ1n) is 11.1. The lowest BCUT2D eigenvalue weighted by atomic mass is 9.43. The molecule has 164 valence electrons. The SMILES string of the molecule is CO[C@@H]1OC(=O)C[C@@]12CC[C@@]1(O2)[C@H](C)C[C@@H](OC(C)=O)[C@H]2C(C)(C)CCC[C@@]21C. The molecule has 4 fully saturated rings. The van der Waals surface area contributed by atoms with E-state index in [0.717, 1.165) is 38.5 Å². The number of methoxy groups -OCH3 is 1. The van der Waals surface area contributed by atoms with Crippen molar-refractivity contribution in [3.8, 4) is 0 Å². The fourth-order valence-electron chi connectivity index (χ4n) is 7.80. The number of rotatable bonds is 2. The third-order valence-electron chi connectivity index (χ3n) is 8.71. The Bertz CT molecular complexity index is 703. The molecular formula is C23H36O6. The van der Waals surface area contributed by atoms with Gasteiger partial charge in [0, 0.05) is 25.4 Å². The Labute approximate surface area is 174 Å². The molecular weight excluding hydrogens is 372 g/mol. The molecule has 29 heavy (non-hydrogen) atoms. The molecule has 2 aliphatic heterocycles. The zero-order valence-electron chi connectivity index (χ0n) is 18.7. The zero-order chi connectivity index (χ0) is 21.2. The van der Waals surface area contributed by atoms with E-state index in [-0.39, 0.29) is 52.7 Å². The van der Waals surface area contributed by atoms with Gasteiger partial charge in [-0.15, -0.1) is 0 Å². The quantitative estimate of drug-likeness (QED) is 0.643. The summed E-state index contributed by atoms with van der Waals surface area (Å²) in [7, 11) is 1.58. The largest absolute Gasteiger partial charge is 0.462 e. The summed E-state index contributed by atoms with van der Waals surface area (Å²) >= 11 is 0. The van der Waals surface area contributed by atoms with Gasteiger partial charge in [0.2, 0.25) is 6.29 Å². The summed E-state index contributed by atoms with van der Waals surface area (Å²) < 4.78 is 23.9. The highest BCUT2D eigenvalue weighted by atomic mass is 16.7. The van der Waals surface area contributed by atoms with Crippen molar-refractivity contribution in [1.29, 1.82) is 0 Å². The molecule has 2 spiro atoms. The molecule has 2 saturated carbocycles. The fraction of sp³-hybridized carbons (Fsp3) is 0.913. The number of hydrogen-bond acceptors (Lipinski definition) is 6. The van der Waals surface area contributed by atoms with Gasteiger partial charge in [-0.25, -0.2) is 0 Å². The van der Waals surface area contributed by atoms with E-state index in [1.54, 1.807) is 7.11 Å². The van der Waals surface area contributed by atoms with E-state index in [2.05, 4.69) is 27.7 Å². The minimum Gasteiger partial charge on any atom is -0.462 e. The van der Waals surface area contributed by atoms with Crippen molar-refractivity contribution in [3.63, 3.8) is 0 Å². The van der Waals surface area contributed by atoms with Crippen LogP contribution in [0.4, 0.5) is 0 Å². The topological polar surface area (TPSA) is 71.1 Å². The number of cyclic esters (lactones) is 1. The molecule has 0 radical (unpaired) electrons. The van der Waals surface area contributed by atoms with Gasteiger partial charge in [0.25, 0.3) is 0 Å². The van der Waals surface area contributed by atoms with Crippen LogP contribution in [0.2, 0.25) is 0 Å². The van der Waals surface area contributed by atoms with Gasteiger partial charge in [0.15, 0.2) is 0 Å². The normalized spacial score (nSPS) is 48.6. The molecule has 4 aliphatic rings.